The number of nitrogens with zero attached hydrogens (tertiary/aromatic N) is 3. The summed E-state index contributed by atoms with van der Waals surface area (Å²) in [7, 11) is 0. The molecule has 0 spiro atoms. The molecule has 0 unspecified atom stereocenters. The molecule has 7 heteroatoms. The number of anilines is 1. The molecule has 3 aromatic carbocycles. The molecule has 0 saturated heterocycles. The van der Waals surface area contributed by atoms with Crippen LogP contribution in [-0.2, 0) is 6.54 Å². The Balaban J connectivity index is 1.46. The number of halogens is 1. The molecule has 1 amide bonds. The van der Waals surface area contributed by atoms with E-state index >= 15 is 0 Å². The number of carbonyl (C=O) groups is 1. The third kappa shape index (κ3) is 4.58. The highest BCUT2D eigenvalue weighted by Crippen LogP contribution is 2.32. The van der Waals surface area contributed by atoms with Crippen LogP contribution in [-0.4, -0.2) is 15.9 Å². The molecule has 0 radical (unpaired) electrons. The topological polar surface area (TPSA) is 55.3 Å². The monoisotopic (exact) mass is 455 g/mol. The standard InChI is InChI=1S/C26H18FN3O2S/c27-22-10-6-11-23-24(22)29-26(33-23)30(17-19-7-4-5-16-28-19)25(31)18-12-14-21(15-13-18)32-20-8-2-1-3-9-20/h1-16H,17H2. The summed E-state index contributed by atoms with van der Waals surface area (Å²) in [5.74, 6) is 0.662. The van der Waals surface area contributed by atoms with Crippen LogP contribution in [0.5, 0.6) is 11.5 Å². The van der Waals surface area contributed by atoms with Crippen LogP contribution < -0.4 is 9.64 Å². The number of thiazole rings is 1. The first kappa shape index (κ1) is 20.8. The lowest BCUT2D eigenvalue weighted by molar-refractivity contribution is 0.0985. The maximum absolute atomic E-state index is 14.3. The Kier molecular flexibility index (Phi) is 5.78. The van der Waals surface area contributed by atoms with Crippen LogP contribution in [0.2, 0.25) is 0 Å². The zero-order valence-electron chi connectivity index (χ0n) is 17.4. The van der Waals surface area contributed by atoms with Gasteiger partial charge in [-0.25, -0.2) is 9.37 Å². The van der Waals surface area contributed by atoms with Gasteiger partial charge in [0.2, 0.25) is 0 Å². The Morgan fingerprint density at radius 2 is 1.64 bits per heavy atom. The van der Waals surface area contributed by atoms with Gasteiger partial charge in [-0.15, -0.1) is 0 Å². The van der Waals surface area contributed by atoms with E-state index in [0.29, 0.717) is 32.6 Å². The van der Waals surface area contributed by atoms with Gasteiger partial charge in [0.1, 0.15) is 22.8 Å². The molecule has 0 aliphatic carbocycles. The minimum Gasteiger partial charge on any atom is -0.457 e. The predicted octanol–water partition coefficient (Wildman–Crippen LogP) is 6.47. The van der Waals surface area contributed by atoms with Crippen LogP contribution in [0.1, 0.15) is 16.1 Å². The minimum atomic E-state index is -0.414. The summed E-state index contributed by atoms with van der Waals surface area (Å²) in [6.07, 6.45) is 1.67. The van der Waals surface area contributed by atoms with Gasteiger partial charge in [-0.1, -0.05) is 41.7 Å². The van der Waals surface area contributed by atoms with Crippen molar-refractivity contribution in [1.82, 2.24) is 9.97 Å². The average Bonchev–Trinajstić information content (AvgIpc) is 3.29. The highest BCUT2D eigenvalue weighted by atomic mass is 32.1. The highest BCUT2D eigenvalue weighted by molar-refractivity contribution is 7.22. The maximum Gasteiger partial charge on any atom is 0.260 e. The number of para-hydroxylation sites is 2. The first-order chi connectivity index (χ1) is 16.2. The second-order valence-corrected chi connectivity index (χ2v) is 8.24. The molecule has 0 N–H and O–H groups in total. The van der Waals surface area contributed by atoms with Crippen molar-refractivity contribution in [2.45, 2.75) is 6.54 Å². The van der Waals surface area contributed by atoms with Crippen molar-refractivity contribution < 1.29 is 13.9 Å². The first-order valence-corrected chi connectivity index (χ1v) is 11.1. The van der Waals surface area contributed by atoms with Crippen molar-refractivity contribution in [3.8, 4) is 11.5 Å². The van der Waals surface area contributed by atoms with Gasteiger partial charge in [0.25, 0.3) is 5.91 Å². The average molecular weight is 456 g/mol. The fourth-order valence-electron chi connectivity index (χ4n) is 3.34. The summed E-state index contributed by atoms with van der Waals surface area (Å²) in [6, 6.07) is 26.6. The van der Waals surface area contributed by atoms with Gasteiger partial charge < -0.3 is 4.74 Å². The maximum atomic E-state index is 14.3. The van der Waals surface area contributed by atoms with Gasteiger partial charge in [-0.2, -0.15) is 0 Å². The van der Waals surface area contributed by atoms with E-state index in [1.165, 1.54) is 22.3 Å². The number of pyridine rings is 1. The summed E-state index contributed by atoms with van der Waals surface area (Å²) in [5, 5.41) is 0.412. The van der Waals surface area contributed by atoms with E-state index in [-0.39, 0.29) is 18.0 Å². The molecular formula is C26H18FN3O2S. The van der Waals surface area contributed by atoms with Crippen LogP contribution >= 0.6 is 11.3 Å². The van der Waals surface area contributed by atoms with E-state index in [9.17, 15) is 9.18 Å². The van der Waals surface area contributed by atoms with Gasteiger partial charge in [0.15, 0.2) is 5.13 Å². The quantitative estimate of drug-likeness (QED) is 0.294. The Labute approximate surface area is 193 Å². The van der Waals surface area contributed by atoms with Crippen molar-refractivity contribution in [3.63, 3.8) is 0 Å². The molecule has 5 nitrogen and oxygen atoms in total. The second kappa shape index (κ2) is 9.18. The molecule has 0 atom stereocenters. The molecule has 33 heavy (non-hydrogen) atoms. The Hall–Kier alpha value is -4.10. The molecule has 0 aliphatic rings. The number of benzene rings is 3. The molecule has 0 aliphatic heterocycles. The second-order valence-electron chi connectivity index (χ2n) is 7.23. The molecule has 0 bridgehead atoms. The zero-order valence-corrected chi connectivity index (χ0v) is 18.2. The van der Waals surface area contributed by atoms with Crippen LogP contribution in [0.3, 0.4) is 0 Å². The number of amides is 1. The van der Waals surface area contributed by atoms with E-state index in [1.54, 1.807) is 42.6 Å². The van der Waals surface area contributed by atoms with Crippen molar-refractivity contribution >= 4 is 32.6 Å². The molecule has 0 fully saturated rings. The first-order valence-electron chi connectivity index (χ1n) is 10.3. The van der Waals surface area contributed by atoms with E-state index < -0.39 is 5.82 Å². The number of hydrogen-bond donors (Lipinski definition) is 0. The normalized spacial score (nSPS) is 10.8. The zero-order chi connectivity index (χ0) is 22.6. The number of rotatable bonds is 6. The van der Waals surface area contributed by atoms with Crippen molar-refractivity contribution in [1.29, 1.82) is 0 Å². The predicted molar refractivity (Wildman–Crippen MR) is 127 cm³/mol. The Morgan fingerprint density at radius 3 is 2.36 bits per heavy atom. The number of ether oxygens (including phenoxy) is 1. The summed E-state index contributed by atoms with van der Waals surface area (Å²) < 4.78 is 20.7. The Bertz CT molecular complexity index is 1390. The van der Waals surface area contributed by atoms with E-state index in [4.69, 9.17) is 4.74 Å². The lowest BCUT2D eigenvalue weighted by atomic mass is 10.2. The lowest BCUT2D eigenvalue weighted by Crippen LogP contribution is -2.30. The van der Waals surface area contributed by atoms with Crippen LogP contribution in [0.25, 0.3) is 10.2 Å². The van der Waals surface area contributed by atoms with Crippen molar-refractivity contribution in [3.05, 3.63) is 114 Å². The molecule has 2 heterocycles. The van der Waals surface area contributed by atoms with E-state index in [2.05, 4.69) is 9.97 Å². The third-order valence-electron chi connectivity index (χ3n) is 4.96. The number of hydrogen-bond acceptors (Lipinski definition) is 5. The molecular weight excluding hydrogens is 437 g/mol. The third-order valence-corrected chi connectivity index (χ3v) is 6.00. The van der Waals surface area contributed by atoms with Gasteiger partial charge in [0.05, 0.1) is 16.9 Å². The van der Waals surface area contributed by atoms with Crippen molar-refractivity contribution in [2.75, 3.05) is 4.90 Å². The van der Waals surface area contributed by atoms with E-state index in [0.717, 1.165) is 0 Å². The fourth-order valence-corrected chi connectivity index (χ4v) is 4.32. The number of carbonyl (C=O) groups excluding carboxylic acids is 1. The van der Waals surface area contributed by atoms with Crippen LogP contribution in [0.15, 0.2) is 97.2 Å². The van der Waals surface area contributed by atoms with Gasteiger partial charge in [0, 0.05) is 11.8 Å². The number of aromatic nitrogens is 2. The summed E-state index contributed by atoms with van der Waals surface area (Å²) in [4.78, 5) is 23.8. The molecule has 5 aromatic rings. The highest BCUT2D eigenvalue weighted by Gasteiger charge is 2.23. The fraction of sp³-hybridized carbons (Fsp3) is 0.0385. The number of fused-ring (bicyclic) bond motifs is 1. The van der Waals surface area contributed by atoms with Gasteiger partial charge in [-0.3, -0.25) is 14.7 Å². The molecule has 0 saturated carbocycles. The van der Waals surface area contributed by atoms with Crippen LogP contribution in [0.4, 0.5) is 9.52 Å². The summed E-state index contributed by atoms with van der Waals surface area (Å²) in [5.41, 5.74) is 1.42. The van der Waals surface area contributed by atoms with Crippen molar-refractivity contribution in [2.24, 2.45) is 0 Å². The Morgan fingerprint density at radius 1 is 0.879 bits per heavy atom. The lowest BCUT2D eigenvalue weighted by Gasteiger charge is -2.19. The largest absolute Gasteiger partial charge is 0.457 e. The molecule has 162 valence electrons. The molecule has 2 aromatic heterocycles. The summed E-state index contributed by atoms with van der Waals surface area (Å²) >= 11 is 1.27. The summed E-state index contributed by atoms with van der Waals surface area (Å²) in [6.45, 7) is 0.212. The van der Waals surface area contributed by atoms with Gasteiger partial charge in [-0.05, 0) is 60.7 Å². The smallest absolute Gasteiger partial charge is 0.260 e. The van der Waals surface area contributed by atoms with E-state index in [1.807, 2.05) is 48.5 Å². The SMILES string of the molecule is O=C(c1ccc(Oc2ccccc2)cc1)N(Cc1ccccn1)c1nc2c(F)cccc2s1. The van der Waals surface area contributed by atoms with Gasteiger partial charge >= 0.3 is 0 Å². The molecule has 5 rings (SSSR count). The van der Waals surface area contributed by atoms with Crippen LogP contribution in [0, 0.1) is 5.82 Å². The minimum absolute atomic E-state index is 0.212.